The average Bonchev–Trinajstić information content (AvgIpc) is 3.12. The molecule has 9 heteroatoms. The predicted octanol–water partition coefficient (Wildman–Crippen LogP) is 4.00. The smallest absolute Gasteiger partial charge is 0.349 e. The first-order chi connectivity index (χ1) is 13.4. The lowest BCUT2D eigenvalue weighted by Gasteiger charge is -2.13. The Morgan fingerprint density at radius 1 is 1.14 bits per heavy atom. The lowest BCUT2D eigenvalue weighted by atomic mass is 10.2. The Bertz CT molecular complexity index is 1040. The number of fused-ring (bicyclic) bond motifs is 1. The largest absolute Gasteiger partial charge is 0.497 e. The monoisotopic (exact) mass is 400 g/mol. The van der Waals surface area contributed by atoms with Gasteiger partial charge in [-0.25, -0.2) is 4.79 Å². The number of nitro groups is 1. The lowest BCUT2D eigenvalue weighted by molar-refractivity contribution is -0.384. The summed E-state index contributed by atoms with van der Waals surface area (Å²) in [6.45, 7) is 1.47. The molecule has 1 amide bonds. The molecule has 1 heterocycles. The average molecular weight is 400 g/mol. The topological polar surface area (TPSA) is 108 Å². The van der Waals surface area contributed by atoms with Crippen LogP contribution in [-0.4, -0.2) is 30.0 Å². The molecule has 0 fully saturated rings. The van der Waals surface area contributed by atoms with Crippen molar-refractivity contribution >= 4 is 44.7 Å². The van der Waals surface area contributed by atoms with E-state index in [9.17, 15) is 19.7 Å². The first kappa shape index (κ1) is 19.3. The molecular formula is C19H16N2O6S. The number of ether oxygens (including phenoxy) is 2. The number of rotatable bonds is 6. The number of hydrogen-bond acceptors (Lipinski definition) is 7. The summed E-state index contributed by atoms with van der Waals surface area (Å²) in [5.74, 6) is -0.487. The van der Waals surface area contributed by atoms with Crippen molar-refractivity contribution in [3.8, 4) is 5.75 Å². The number of amides is 1. The Hall–Kier alpha value is -3.46. The Morgan fingerprint density at radius 2 is 1.86 bits per heavy atom. The van der Waals surface area contributed by atoms with Crippen LogP contribution < -0.4 is 10.1 Å². The summed E-state index contributed by atoms with van der Waals surface area (Å²) in [5.41, 5.74) is 0.486. The van der Waals surface area contributed by atoms with Crippen LogP contribution in [0.4, 0.5) is 11.4 Å². The Kier molecular flexibility index (Phi) is 5.55. The van der Waals surface area contributed by atoms with E-state index in [-0.39, 0.29) is 10.6 Å². The second-order valence-corrected chi connectivity index (χ2v) is 6.94. The van der Waals surface area contributed by atoms with E-state index in [2.05, 4.69) is 5.32 Å². The van der Waals surface area contributed by atoms with Gasteiger partial charge in [0.05, 0.1) is 12.0 Å². The van der Waals surface area contributed by atoms with E-state index >= 15 is 0 Å². The van der Waals surface area contributed by atoms with Gasteiger partial charge in [0.25, 0.3) is 11.6 Å². The molecular weight excluding hydrogens is 384 g/mol. The van der Waals surface area contributed by atoms with E-state index in [0.717, 1.165) is 11.3 Å². The first-order valence-corrected chi connectivity index (χ1v) is 9.03. The van der Waals surface area contributed by atoms with Crippen molar-refractivity contribution in [1.29, 1.82) is 0 Å². The molecule has 0 saturated carbocycles. The highest BCUT2D eigenvalue weighted by Gasteiger charge is 2.21. The molecule has 3 aromatic rings. The summed E-state index contributed by atoms with van der Waals surface area (Å²) >= 11 is 1.14. The maximum atomic E-state index is 12.3. The fourth-order valence-corrected chi connectivity index (χ4v) is 3.36. The molecule has 144 valence electrons. The van der Waals surface area contributed by atoms with Crippen molar-refractivity contribution in [2.24, 2.45) is 0 Å². The standard InChI is InChI=1S/C19H16N2O6S/c1-11(18(22)20-13-3-6-15(26-2)7-4-13)27-19(23)17-10-12-9-14(21(24)25)5-8-16(12)28-17/h3-11H,1-2H3,(H,20,22)/t11-/m0/s1. The minimum Gasteiger partial charge on any atom is -0.497 e. The number of anilines is 1. The number of nitro benzene ring substituents is 1. The van der Waals surface area contributed by atoms with Crippen LogP contribution >= 0.6 is 11.3 Å². The van der Waals surface area contributed by atoms with E-state index in [4.69, 9.17) is 9.47 Å². The summed E-state index contributed by atoms with van der Waals surface area (Å²) in [6.07, 6.45) is -1.02. The fraction of sp³-hybridized carbons (Fsp3) is 0.158. The van der Waals surface area contributed by atoms with Crippen molar-refractivity contribution in [2.45, 2.75) is 13.0 Å². The van der Waals surface area contributed by atoms with Gasteiger partial charge in [-0.3, -0.25) is 14.9 Å². The molecule has 0 bridgehead atoms. The summed E-state index contributed by atoms with van der Waals surface area (Å²) in [7, 11) is 1.54. The molecule has 28 heavy (non-hydrogen) atoms. The zero-order valence-electron chi connectivity index (χ0n) is 15.0. The fourth-order valence-electron chi connectivity index (χ4n) is 2.44. The van der Waals surface area contributed by atoms with Crippen LogP contribution in [0.15, 0.2) is 48.5 Å². The zero-order chi connectivity index (χ0) is 20.3. The third kappa shape index (κ3) is 4.26. The molecule has 0 aliphatic rings. The highest BCUT2D eigenvalue weighted by molar-refractivity contribution is 7.20. The third-order valence-corrected chi connectivity index (χ3v) is 5.02. The minimum absolute atomic E-state index is 0.0579. The normalized spacial score (nSPS) is 11.6. The van der Waals surface area contributed by atoms with Crippen LogP contribution in [0, 0.1) is 10.1 Å². The van der Waals surface area contributed by atoms with Gasteiger partial charge in [0.2, 0.25) is 0 Å². The van der Waals surface area contributed by atoms with Crippen LogP contribution in [0.25, 0.3) is 10.1 Å². The van der Waals surface area contributed by atoms with Crippen LogP contribution in [0.3, 0.4) is 0 Å². The Labute approximate surface area is 163 Å². The maximum Gasteiger partial charge on any atom is 0.349 e. The van der Waals surface area contributed by atoms with Gasteiger partial charge in [-0.1, -0.05) is 0 Å². The molecule has 0 radical (unpaired) electrons. The molecule has 1 atom stereocenters. The molecule has 2 aromatic carbocycles. The molecule has 0 aliphatic heterocycles. The van der Waals surface area contributed by atoms with E-state index in [1.807, 2.05) is 0 Å². The highest BCUT2D eigenvalue weighted by Crippen LogP contribution is 2.29. The Balaban J connectivity index is 1.66. The number of esters is 1. The SMILES string of the molecule is COc1ccc(NC(=O)[C@H](C)OC(=O)c2cc3cc([N+](=O)[O-])ccc3s2)cc1. The number of hydrogen-bond donors (Lipinski definition) is 1. The van der Waals surface area contributed by atoms with Gasteiger partial charge in [-0.2, -0.15) is 0 Å². The molecule has 8 nitrogen and oxygen atoms in total. The number of methoxy groups -OCH3 is 1. The maximum absolute atomic E-state index is 12.3. The lowest BCUT2D eigenvalue weighted by Crippen LogP contribution is -2.29. The Morgan fingerprint density at radius 3 is 2.50 bits per heavy atom. The predicted molar refractivity (Wildman–Crippen MR) is 105 cm³/mol. The highest BCUT2D eigenvalue weighted by atomic mass is 32.1. The first-order valence-electron chi connectivity index (χ1n) is 8.21. The number of nitrogens with zero attached hydrogens (tertiary/aromatic N) is 1. The number of carbonyl (C=O) groups is 2. The van der Waals surface area contributed by atoms with Crippen molar-refractivity contribution in [1.82, 2.24) is 0 Å². The molecule has 0 unspecified atom stereocenters. The molecule has 0 aliphatic carbocycles. The van der Waals surface area contributed by atoms with E-state index in [1.165, 1.54) is 25.1 Å². The molecule has 0 saturated heterocycles. The van der Waals surface area contributed by atoms with Crippen LogP contribution in [0.1, 0.15) is 16.6 Å². The van der Waals surface area contributed by atoms with Gasteiger partial charge in [0, 0.05) is 27.9 Å². The quantitative estimate of drug-likeness (QED) is 0.381. The molecule has 3 rings (SSSR count). The summed E-state index contributed by atoms with van der Waals surface area (Å²) in [6, 6.07) is 12.6. The van der Waals surface area contributed by atoms with Crippen LogP contribution in [0.5, 0.6) is 5.75 Å². The summed E-state index contributed by atoms with van der Waals surface area (Å²) in [5, 5.41) is 14.1. The van der Waals surface area contributed by atoms with Crippen molar-refractivity contribution in [3.63, 3.8) is 0 Å². The van der Waals surface area contributed by atoms with Gasteiger partial charge in [0.1, 0.15) is 10.6 Å². The second-order valence-electron chi connectivity index (χ2n) is 5.86. The number of thiophene rings is 1. The van der Waals surface area contributed by atoms with Crippen LogP contribution in [0.2, 0.25) is 0 Å². The summed E-state index contributed by atoms with van der Waals surface area (Å²) < 4.78 is 11.0. The van der Waals surface area contributed by atoms with Gasteiger partial charge >= 0.3 is 5.97 Å². The van der Waals surface area contributed by atoms with Gasteiger partial charge < -0.3 is 14.8 Å². The van der Waals surface area contributed by atoms with Crippen molar-refractivity contribution in [2.75, 3.05) is 12.4 Å². The molecule has 0 spiro atoms. The van der Waals surface area contributed by atoms with E-state index in [0.29, 0.717) is 21.5 Å². The van der Waals surface area contributed by atoms with Crippen LogP contribution in [-0.2, 0) is 9.53 Å². The molecule has 1 aromatic heterocycles. The van der Waals surface area contributed by atoms with Gasteiger partial charge in [0.15, 0.2) is 6.10 Å². The third-order valence-electron chi connectivity index (χ3n) is 3.92. The molecule has 1 N–H and O–H groups in total. The van der Waals surface area contributed by atoms with E-state index in [1.54, 1.807) is 37.4 Å². The second kappa shape index (κ2) is 8.05. The number of non-ortho nitro benzene ring substituents is 1. The number of benzene rings is 2. The minimum atomic E-state index is -1.02. The number of nitrogens with one attached hydrogen (secondary N) is 1. The van der Waals surface area contributed by atoms with E-state index < -0.39 is 22.9 Å². The van der Waals surface area contributed by atoms with Gasteiger partial charge in [-0.15, -0.1) is 11.3 Å². The zero-order valence-corrected chi connectivity index (χ0v) is 15.8. The van der Waals surface area contributed by atoms with Gasteiger partial charge in [-0.05, 0) is 43.3 Å². The van der Waals surface area contributed by atoms with Crippen molar-refractivity contribution < 1.29 is 24.0 Å². The summed E-state index contributed by atoms with van der Waals surface area (Å²) in [4.78, 5) is 35.2. The number of carbonyl (C=O) groups excluding carboxylic acids is 2. The van der Waals surface area contributed by atoms with Crippen molar-refractivity contribution in [3.05, 3.63) is 63.5 Å².